The number of rotatable bonds is 11. The van der Waals surface area contributed by atoms with E-state index in [-0.39, 0.29) is 24.3 Å². The second-order valence-corrected chi connectivity index (χ2v) is 7.09. The van der Waals surface area contributed by atoms with Crippen LogP contribution in [0.3, 0.4) is 0 Å². The van der Waals surface area contributed by atoms with Gasteiger partial charge in [-0.05, 0) is 34.1 Å². The van der Waals surface area contributed by atoms with E-state index in [1.165, 1.54) is 24.9 Å². The highest BCUT2D eigenvalue weighted by Gasteiger charge is 2.29. The molecule has 0 aliphatic carbocycles. The minimum absolute atomic E-state index is 0.165. The molecule has 0 heterocycles. The van der Waals surface area contributed by atoms with Crippen molar-refractivity contribution < 1.29 is 19.2 Å². The highest BCUT2D eigenvalue weighted by molar-refractivity contribution is 5.94. The molecule has 28 heavy (non-hydrogen) atoms. The first-order valence-corrected chi connectivity index (χ1v) is 9.34. The summed E-state index contributed by atoms with van der Waals surface area (Å²) in [5.41, 5.74) is 0.881. The molecule has 8 nitrogen and oxygen atoms in total. The van der Waals surface area contributed by atoms with E-state index >= 15 is 0 Å². The maximum Gasteiger partial charge on any atom is 0.245 e. The van der Waals surface area contributed by atoms with E-state index in [0.29, 0.717) is 6.42 Å². The first-order valence-electron chi connectivity index (χ1n) is 9.34. The van der Waals surface area contributed by atoms with Crippen molar-refractivity contribution in [3.05, 3.63) is 24.8 Å². The Hall–Kier alpha value is -2.64. The van der Waals surface area contributed by atoms with Crippen LogP contribution in [-0.4, -0.2) is 60.2 Å². The number of nitrogens with one attached hydrogen (secondary N) is 3. The summed E-state index contributed by atoms with van der Waals surface area (Å²) < 4.78 is 0. The molecule has 0 aromatic rings. The fourth-order valence-corrected chi connectivity index (χ4v) is 2.61. The number of hydrogen-bond donors (Lipinski definition) is 3. The standard InChI is InChI=1S/C20H34N4O4/c1-9-10-24(16(7)19(27)21-8)20(28)15(6)23-18(26)14(5)22-17(25)13(4)11-12(2)3/h9,13-16H,1-2,10-11H2,3-8H3,(H,21,27)(H,22,25)(H,23,26)/t13-,14+,15+,16+/m1/s1. The maximum atomic E-state index is 12.7. The Morgan fingerprint density at radius 3 is 1.96 bits per heavy atom. The largest absolute Gasteiger partial charge is 0.357 e. The molecule has 0 unspecified atom stereocenters. The van der Waals surface area contributed by atoms with Gasteiger partial charge >= 0.3 is 0 Å². The normalized spacial score (nSPS) is 14.6. The van der Waals surface area contributed by atoms with Gasteiger partial charge in [-0.2, -0.15) is 0 Å². The number of carbonyl (C=O) groups excluding carboxylic acids is 4. The predicted octanol–water partition coefficient (Wildman–Crippen LogP) is 0.747. The third-order valence-corrected chi connectivity index (χ3v) is 4.29. The molecule has 4 atom stereocenters. The third kappa shape index (κ3) is 7.94. The Kier molecular flexibility index (Phi) is 10.8. The summed E-state index contributed by atoms with van der Waals surface area (Å²) >= 11 is 0. The Morgan fingerprint density at radius 2 is 1.50 bits per heavy atom. The van der Waals surface area contributed by atoms with Crippen molar-refractivity contribution in [2.45, 2.75) is 59.2 Å². The van der Waals surface area contributed by atoms with Gasteiger partial charge in [-0.25, -0.2) is 0 Å². The quantitative estimate of drug-likeness (QED) is 0.449. The maximum absolute atomic E-state index is 12.7. The van der Waals surface area contributed by atoms with Gasteiger partial charge in [0.05, 0.1) is 0 Å². The fraction of sp³-hybridized carbons (Fsp3) is 0.600. The van der Waals surface area contributed by atoms with E-state index in [1.807, 2.05) is 6.92 Å². The number of hydrogen-bond acceptors (Lipinski definition) is 4. The van der Waals surface area contributed by atoms with Gasteiger partial charge in [0.1, 0.15) is 18.1 Å². The minimum Gasteiger partial charge on any atom is -0.357 e. The van der Waals surface area contributed by atoms with E-state index < -0.39 is 29.9 Å². The van der Waals surface area contributed by atoms with Crippen molar-refractivity contribution in [1.82, 2.24) is 20.9 Å². The zero-order chi connectivity index (χ0) is 22.0. The van der Waals surface area contributed by atoms with Crippen LogP contribution in [0.2, 0.25) is 0 Å². The van der Waals surface area contributed by atoms with Crippen molar-refractivity contribution in [3.8, 4) is 0 Å². The van der Waals surface area contributed by atoms with Gasteiger partial charge in [0, 0.05) is 19.5 Å². The molecule has 8 heteroatoms. The SMILES string of the molecule is C=CCN(C(=O)[C@H](C)NC(=O)[C@H](C)NC(=O)[C@H](C)CC(=C)C)[C@@H](C)C(=O)NC. The molecular formula is C20H34N4O4. The zero-order valence-electron chi connectivity index (χ0n) is 17.8. The molecule has 0 bridgehead atoms. The summed E-state index contributed by atoms with van der Waals surface area (Å²) in [7, 11) is 1.49. The second-order valence-electron chi connectivity index (χ2n) is 7.09. The Morgan fingerprint density at radius 1 is 0.964 bits per heavy atom. The molecule has 0 spiro atoms. The molecule has 0 aromatic heterocycles. The molecule has 0 aromatic carbocycles. The molecule has 0 rings (SSSR count). The smallest absolute Gasteiger partial charge is 0.245 e. The molecule has 158 valence electrons. The summed E-state index contributed by atoms with van der Waals surface area (Å²) in [5, 5.41) is 7.72. The molecule has 0 saturated carbocycles. The number of likely N-dealkylation sites (N-methyl/N-ethyl adjacent to an activating group) is 1. The monoisotopic (exact) mass is 394 g/mol. The highest BCUT2D eigenvalue weighted by Crippen LogP contribution is 2.09. The minimum atomic E-state index is -0.869. The highest BCUT2D eigenvalue weighted by atomic mass is 16.2. The average molecular weight is 395 g/mol. The molecule has 0 fully saturated rings. The van der Waals surface area contributed by atoms with Gasteiger partial charge in [-0.3, -0.25) is 19.2 Å². The summed E-state index contributed by atoms with van der Waals surface area (Å²) in [5.74, 6) is -1.78. The van der Waals surface area contributed by atoms with Gasteiger partial charge in [0.2, 0.25) is 23.6 Å². The molecular weight excluding hydrogens is 360 g/mol. The molecule has 0 aliphatic heterocycles. The van der Waals surface area contributed by atoms with Crippen molar-refractivity contribution in [1.29, 1.82) is 0 Å². The van der Waals surface area contributed by atoms with Crippen molar-refractivity contribution in [2.24, 2.45) is 5.92 Å². The third-order valence-electron chi connectivity index (χ3n) is 4.29. The van der Waals surface area contributed by atoms with Crippen molar-refractivity contribution >= 4 is 23.6 Å². The lowest BCUT2D eigenvalue weighted by molar-refractivity contribution is -0.142. The first-order chi connectivity index (χ1) is 13.0. The summed E-state index contributed by atoms with van der Waals surface area (Å²) in [6, 6.07) is -2.39. The van der Waals surface area contributed by atoms with Crippen LogP contribution in [0.5, 0.6) is 0 Å². The lowest BCUT2D eigenvalue weighted by Gasteiger charge is -2.30. The molecule has 0 radical (unpaired) electrons. The van der Waals surface area contributed by atoms with E-state index in [4.69, 9.17) is 0 Å². The van der Waals surface area contributed by atoms with Gasteiger partial charge in [-0.1, -0.05) is 18.6 Å². The van der Waals surface area contributed by atoms with E-state index in [9.17, 15) is 19.2 Å². The van der Waals surface area contributed by atoms with Crippen LogP contribution >= 0.6 is 0 Å². The number of carbonyl (C=O) groups is 4. The topological polar surface area (TPSA) is 108 Å². The van der Waals surface area contributed by atoms with Gasteiger partial charge in [0.15, 0.2) is 0 Å². The Bertz CT molecular complexity index is 617. The molecule has 3 N–H and O–H groups in total. The van der Waals surface area contributed by atoms with E-state index in [2.05, 4.69) is 29.1 Å². The van der Waals surface area contributed by atoms with E-state index in [1.54, 1.807) is 20.8 Å². The molecule has 0 saturated heterocycles. The molecule has 4 amide bonds. The molecule has 0 aliphatic rings. The van der Waals surface area contributed by atoms with Crippen LogP contribution in [0.4, 0.5) is 0 Å². The first kappa shape index (κ1) is 25.4. The van der Waals surface area contributed by atoms with Gasteiger partial charge < -0.3 is 20.9 Å². The van der Waals surface area contributed by atoms with Crippen LogP contribution in [0, 0.1) is 5.92 Å². The van der Waals surface area contributed by atoms with Crippen LogP contribution in [0.1, 0.15) is 41.0 Å². The Balaban J connectivity index is 4.94. The van der Waals surface area contributed by atoms with Crippen LogP contribution in [-0.2, 0) is 19.2 Å². The lowest BCUT2D eigenvalue weighted by atomic mass is 10.0. The summed E-state index contributed by atoms with van der Waals surface area (Å²) in [4.78, 5) is 50.4. The van der Waals surface area contributed by atoms with Crippen LogP contribution in [0.15, 0.2) is 24.8 Å². The van der Waals surface area contributed by atoms with Crippen LogP contribution < -0.4 is 16.0 Å². The van der Waals surface area contributed by atoms with Gasteiger partial charge in [0.25, 0.3) is 0 Å². The zero-order valence-corrected chi connectivity index (χ0v) is 17.8. The Labute approximate surface area is 167 Å². The summed E-state index contributed by atoms with van der Waals surface area (Å²) in [6.45, 7) is 15.8. The fourth-order valence-electron chi connectivity index (χ4n) is 2.61. The second kappa shape index (κ2) is 11.9. The number of allylic oxidation sites excluding steroid dienone is 1. The predicted molar refractivity (Wildman–Crippen MR) is 109 cm³/mol. The number of amides is 4. The average Bonchev–Trinajstić information content (AvgIpc) is 2.63. The van der Waals surface area contributed by atoms with Gasteiger partial charge in [-0.15, -0.1) is 13.2 Å². The lowest BCUT2D eigenvalue weighted by Crippen LogP contribution is -2.56. The van der Waals surface area contributed by atoms with Crippen molar-refractivity contribution in [2.75, 3.05) is 13.6 Å². The van der Waals surface area contributed by atoms with E-state index in [0.717, 1.165) is 5.57 Å². The van der Waals surface area contributed by atoms with Crippen molar-refractivity contribution in [3.63, 3.8) is 0 Å². The number of nitrogens with zero attached hydrogens (tertiary/aromatic N) is 1. The summed E-state index contributed by atoms with van der Waals surface area (Å²) in [6.07, 6.45) is 2.04. The van der Waals surface area contributed by atoms with Crippen LogP contribution in [0.25, 0.3) is 0 Å².